The lowest BCUT2D eigenvalue weighted by Gasteiger charge is -1.97. The Morgan fingerprint density at radius 2 is 1.70 bits per heavy atom. The number of rotatable bonds is 5. The van der Waals surface area contributed by atoms with E-state index in [2.05, 4.69) is 45.5 Å². The van der Waals surface area contributed by atoms with Crippen molar-refractivity contribution in [2.75, 3.05) is 6.54 Å². The second-order valence-corrected chi connectivity index (χ2v) is 4.77. The van der Waals surface area contributed by atoms with Crippen molar-refractivity contribution in [3.63, 3.8) is 0 Å². The van der Waals surface area contributed by atoms with E-state index < -0.39 is 0 Å². The molecule has 0 unspecified atom stereocenters. The molecule has 0 atom stereocenters. The molecule has 0 bridgehead atoms. The first-order chi connectivity index (χ1) is 9.93. The van der Waals surface area contributed by atoms with Crippen LogP contribution in [0.3, 0.4) is 0 Å². The van der Waals surface area contributed by atoms with Gasteiger partial charge >= 0.3 is 0 Å². The molecule has 1 heterocycles. The van der Waals surface area contributed by atoms with Crippen molar-refractivity contribution in [3.05, 3.63) is 66.4 Å². The lowest BCUT2D eigenvalue weighted by molar-refractivity contribution is 0.802. The Morgan fingerprint density at radius 3 is 2.60 bits per heavy atom. The van der Waals surface area contributed by atoms with E-state index in [1.165, 1.54) is 5.56 Å². The van der Waals surface area contributed by atoms with Gasteiger partial charge in [-0.25, -0.2) is 0 Å². The molecule has 0 radical (unpaired) electrons. The number of H-pyrrole nitrogens is 1. The monoisotopic (exact) mass is 263 g/mol. The highest BCUT2D eigenvalue weighted by atomic mass is 15.1. The summed E-state index contributed by atoms with van der Waals surface area (Å²) >= 11 is 0. The Bertz CT molecular complexity index is 698. The highest BCUT2D eigenvalue weighted by molar-refractivity contribution is 5.90. The van der Waals surface area contributed by atoms with Gasteiger partial charge in [-0.2, -0.15) is 10.2 Å². The molecule has 3 aromatic rings. The van der Waals surface area contributed by atoms with Crippen LogP contribution in [-0.4, -0.2) is 11.5 Å². The van der Waals surface area contributed by atoms with Crippen molar-refractivity contribution in [2.45, 2.75) is 12.8 Å². The van der Waals surface area contributed by atoms with Gasteiger partial charge in [0.15, 0.2) is 0 Å². The number of aryl methyl sites for hydroxylation is 1. The predicted octanol–water partition coefficient (Wildman–Crippen LogP) is 4.88. The standard InChI is InChI=1S/C17H17N3/c1-2-7-14(8-3-1)9-6-12-19-20-17-13-18-16-11-5-4-10-15(16)17/h1-5,7-8,10-11,13,18H,6,9,12H2. The van der Waals surface area contributed by atoms with E-state index in [0.29, 0.717) is 0 Å². The van der Waals surface area contributed by atoms with E-state index in [4.69, 9.17) is 0 Å². The van der Waals surface area contributed by atoms with E-state index >= 15 is 0 Å². The largest absolute Gasteiger partial charge is 0.359 e. The van der Waals surface area contributed by atoms with Gasteiger partial charge < -0.3 is 4.98 Å². The highest BCUT2D eigenvalue weighted by Gasteiger charge is 2.00. The third-order valence-electron chi connectivity index (χ3n) is 3.31. The fourth-order valence-electron chi connectivity index (χ4n) is 2.26. The number of para-hydroxylation sites is 1. The first-order valence-electron chi connectivity index (χ1n) is 6.91. The van der Waals surface area contributed by atoms with Crippen LogP contribution in [0.2, 0.25) is 0 Å². The molecule has 2 aromatic carbocycles. The normalized spacial score (nSPS) is 11.4. The average Bonchev–Trinajstić information content (AvgIpc) is 2.91. The molecule has 0 saturated carbocycles. The van der Waals surface area contributed by atoms with Crippen molar-refractivity contribution >= 4 is 16.6 Å². The zero-order valence-corrected chi connectivity index (χ0v) is 11.3. The van der Waals surface area contributed by atoms with Crippen LogP contribution in [0.4, 0.5) is 5.69 Å². The summed E-state index contributed by atoms with van der Waals surface area (Å²) < 4.78 is 0. The Balaban J connectivity index is 1.56. The van der Waals surface area contributed by atoms with Gasteiger partial charge in [-0.15, -0.1) is 0 Å². The van der Waals surface area contributed by atoms with Crippen molar-refractivity contribution in [1.82, 2.24) is 4.98 Å². The molecule has 0 aliphatic heterocycles. The molecule has 0 aliphatic rings. The van der Waals surface area contributed by atoms with E-state index in [-0.39, 0.29) is 0 Å². The second kappa shape index (κ2) is 6.15. The number of nitrogens with one attached hydrogen (secondary N) is 1. The van der Waals surface area contributed by atoms with Gasteiger partial charge in [-0.3, -0.25) is 0 Å². The van der Waals surface area contributed by atoms with Crippen LogP contribution >= 0.6 is 0 Å². The van der Waals surface area contributed by atoms with Crippen LogP contribution in [0.1, 0.15) is 12.0 Å². The summed E-state index contributed by atoms with van der Waals surface area (Å²) in [6.07, 6.45) is 3.98. The van der Waals surface area contributed by atoms with Crippen LogP contribution in [0.25, 0.3) is 10.9 Å². The maximum atomic E-state index is 4.32. The first-order valence-corrected chi connectivity index (χ1v) is 6.91. The zero-order chi connectivity index (χ0) is 13.6. The highest BCUT2D eigenvalue weighted by Crippen LogP contribution is 2.25. The number of nitrogens with zero attached hydrogens (tertiary/aromatic N) is 2. The molecule has 3 rings (SSSR count). The minimum Gasteiger partial charge on any atom is -0.359 e. The fraction of sp³-hybridized carbons (Fsp3) is 0.176. The van der Waals surface area contributed by atoms with Gasteiger partial charge in [-0.05, 0) is 24.5 Å². The number of aromatic nitrogens is 1. The maximum absolute atomic E-state index is 4.32. The van der Waals surface area contributed by atoms with Crippen LogP contribution in [0.15, 0.2) is 71.0 Å². The van der Waals surface area contributed by atoms with Crippen LogP contribution in [0.5, 0.6) is 0 Å². The van der Waals surface area contributed by atoms with Gasteiger partial charge in [0.2, 0.25) is 0 Å². The number of hydrogen-bond acceptors (Lipinski definition) is 2. The van der Waals surface area contributed by atoms with Crippen molar-refractivity contribution in [1.29, 1.82) is 0 Å². The number of hydrogen-bond donors (Lipinski definition) is 1. The molecule has 3 nitrogen and oxygen atoms in total. The Kier molecular flexibility index (Phi) is 3.88. The van der Waals surface area contributed by atoms with Crippen LogP contribution in [0, 0.1) is 0 Å². The number of fused-ring (bicyclic) bond motifs is 1. The Hall–Kier alpha value is -2.42. The summed E-state index contributed by atoms with van der Waals surface area (Å²) in [5, 5.41) is 9.73. The van der Waals surface area contributed by atoms with Crippen LogP contribution < -0.4 is 0 Å². The molecule has 20 heavy (non-hydrogen) atoms. The summed E-state index contributed by atoms with van der Waals surface area (Å²) in [7, 11) is 0. The van der Waals surface area contributed by atoms with E-state index in [0.717, 1.165) is 36.0 Å². The Morgan fingerprint density at radius 1 is 0.900 bits per heavy atom. The first kappa shape index (κ1) is 12.6. The summed E-state index contributed by atoms with van der Waals surface area (Å²) in [5.41, 5.74) is 3.38. The van der Waals surface area contributed by atoms with E-state index in [9.17, 15) is 0 Å². The topological polar surface area (TPSA) is 40.5 Å². The van der Waals surface area contributed by atoms with Crippen molar-refractivity contribution in [3.8, 4) is 0 Å². The molecule has 100 valence electrons. The molecule has 1 N–H and O–H groups in total. The third kappa shape index (κ3) is 2.94. The molecule has 0 spiro atoms. The number of benzene rings is 2. The predicted molar refractivity (Wildman–Crippen MR) is 82.4 cm³/mol. The number of azo groups is 1. The summed E-state index contributed by atoms with van der Waals surface area (Å²) in [6, 6.07) is 18.6. The summed E-state index contributed by atoms with van der Waals surface area (Å²) in [4.78, 5) is 3.20. The van der Waals surface area contributed by atoms with Gasteiger partial charge in [-0.1, -0.05) is 48.5 Å². The average molecular weight is 263 g/mol. The maximum Gasteiger partial charge on any atom is 0.110 e. The second-order valence-electron chi connectivity index (χ2n) is 4.77. The summed E-state index contributed by atoms with van der Waals surface area (Å²) in [5.74, 6) is 0. The van der Waals surface area contributed by atoms with Gasteiger partial charge in [0.05, 0.1) is 6.54 Å². The fourth-order valence-corrected chi connectivity index (χ4v) is 2.26. The lowest BCUT2D eigenvalue weighted by Crippen LogP contribution is -1.86. The Labute approximate surface area is 118 Å². The molecular weight excluding hydrogens is 246 g/mol. The van der Waals surface area contributed by atoms with Gasteiger partial charge in [0.25, 0.3) is 0 Å². The van der Waals surface area contributed by atoms with Gasteiger partial charge in [0, 0.05) is 17.1 Å². The molecule has 3 heteroatoms. The van der Waals surface area contributed by atoms with Crippen molar-refractivity contribution in [2.24, 2.45) is 10.2 Å². The molecule has 0 saturated heterocycles. The van der Waals surface area contributed by atoms with Gasteiger partial charge in [0.1, 0.15) is 5.69 Å². The van der Waals surface area contributed by atoms with E-state index in [1.54, 1.807) is 0 Å². The smallest absolute Gasteiger partial charge is 0.110 e. The zero-order valence-electron chi connectivity index (χ0n) is 11.3. The molecule has 0 fully saturated rings. The van der Waals surface area contributed by atoms with E-state index in [1.807, 2.05) is 30.5 Å². The molecular formula is C17H17N3. The summed E-state index contributed by atoms with van der Waals surface area (Å²) in [6.45, 7) is 0.758. The van der Waals surface area contributed by atoms with Crippen LogP contribution in [-0.2, 0) is 6.42 Å². The minimum atomic E-state index is 0.758. The quantitative estimate of drug-likeness (QED) is 0.503. The molecule has 0 aliphatic carbocycles. The number of aromatic amines is 1. The molecule has 0 amide bonds. The van der Waals surface area contributed by atoms with Crippen molar-refractivity contribution < 1.29 is 0 Å². The third-order valence-corrected chi connectivity index (χ3v) is 3.31. The lowest BCUT2D eigenvalue weighted by atomic mass is 10.1. The molecule has 1 aromatic heterocycles. The SMILES string of the molecule is c1ccc(CCCN=Nc2c[nH]c3ccccc23)cc1. The minimum absolute atomic E-state index is 0.758.